The van der Waals surface area contributed by atoms with Gasteiger partial charge in [0, 0.05) is 30.4 Å². The molecule has 5 nitrogen and oxygen atoms in total. The standard InChI is InChI=1S/C31H32ClF4N3O2/c32-27-19-24(11-14-28(27)33)38-29(40)20-37-30(15-17-39(18-16-30)25-3-1-2-4-25)23-9-5-21(6-10-23)22-7-12-26(13-8-22)41-31(34,35)36/h5-14,19,25,37H,1-4,15-18,20H2,(H,38,40). The van der Waals surface area contributed by atoms with Gasteiger partial charge < -0.3 is 15.0 Å². The van der Waals surface area contributed by atoms with Gasteiger partial charge in [-0.15, -0.1) is 13.2 Å². The lowest BCUT2D eigenvalue weighted by Crippen LogP contribution is -2.54. The first-order chi connectivity index (χ1) is 19.6. The molecule has 1 amide bonds. The van der Waals surface area contributed by atoms with Crippen molar-refractivity contribution in [2.75, 3.05) is 25.0 Å². The van der Waals surface area contributed by atoms with Crippen molar-refractivity contribution in [3.63, 3.8) is 0 Å². The largest absolute Gasteiger partial charge is 0.573 e. The second-order valence-electron chi connectivity index (χ2n) is 10.7. The summed E-state index contributed by atoms with van der Waals surface area (Å²) in [6.07, 6.45) is 1.89. The summed E-state index contributed by atoms with van der Waals surface area (Å²) in [7, 11) is 0. The van der Waals surface area contributed by atoms with Crippen LogP contribution in [0.1, 0.15) is 44.1 Å². The highest BCUT2D eigenvalue weighted by Crippen LogP contribution is 2.37. The van der Waals surface area contributed by atoms with Crippen LogP contribution >= 0.6 is 11.6 Å². The first-order valence-electron chi connectivity index (χ1n) is 13.8. The van der Waals surface area contributed by atoms with E-state index in [9.17, 15) is 22.4 Å². The van der Waals surface area contributed by atoms with Crippen LogP contribution in [0.15, 0.2) is 66.7 Å². The molecule has 0 atom stereocenters. The van der Waals surface area contributed by atoms with Crippen LogP contribution in [0.2, 0.25) is 5.02 Å². The summed E-state index contributed by atoms with van der Waals surface area (Å²) in [5.74, 6) is -1.08. The summed E-state index contributed by atoms with van der Waals surface area (Å²) in [5, 5.41) is 6.24. The number of ether oxygens (including phenoxy) is 1. The van der Waals surface area contributed by atoms with Gasteiger partial charge >= 0.3 is 6.36 Å². The molecule has 3 aromatic rings. The van der Waals surface area contributed by atoms with Gasteiger partial charge in [-0.05, 0) is 72.7 Å². The number of carbonyl (C=O) groups excluding carboxylic acids is 1. The van der Waals surface area contributed by atoms with E-state index in [1.807, 2.05) is 24.3 Å². The van der Waals surface area contributed by atoms with E-state index in [1.165, 1.54) is 56.0 Å². The number of benzene rings is 3. The third-order valence-electron chi connectivity index (χ3n) is 8.14. The number of alkyl halides is 3. The monoisotopic (exact) mass is 589 g/mol. The van der Waals surface area contributed by atoms with E-state index in [0.717, 1.165) is 42.6 Å². The molecule has 0 aromatic heterocycles. The molecule has 2 N–H and O–H groups in total. The van der Waals surface area contributed by atoms with E-state index in [1.54, 1.807) is 12.1 Å². The van der Waals surface area contributed by atoms with Gasteiger partial charge in [0.05, 0.1) is 11.6 Å². The van der Waals surface area contributed by atoms with Crippen molar-refractivity contribution in [3.05, 3.63) is 83.1 Å². The fourth-order valence-electron chi connectivity index (χ4n) is 5.97. The second kappa shape index (κ2) is 12.4. The maximum atomic E-state index is 13.5. The summed E-state index contributed by atoms with van der Waals surface area (Å²) < 4.78 is 55.0. The van der Waals surface area contributed by atoms with Crippen LogP contribution in [-0.4, -0.2) is 42.8 Å². The molecule has 1 saturated carbocycles. The molecule has 1 saturated heterocycles. The summed E-state index contributed by atoms with van der Waals surface area (Å²) in [4.78, 5) is 15.4. The van der Waals surface area contributed by atoms with Crippen molar-refractivity contribution in [2.45, 2.75) is 56.5 Å². The molecule has 0 bridgehead atoms. The van der Waals surface area contributed by atoms with Crippen LogP contribution in [0.3, 0.4) is 0 Å². The Morgan fingerprint density at radius 2 is 1.56 bits per heavy atom. The normalized spacial score (nSPS) is 17.9. The molecule has 2 fully saturated rings. The molecule has 2 aliphatic rings. The van der Waals surface area contributed by atoms with Gasteiger partial charge in [-0.3, -0.25) is 10.1 Å². The first-order valence-corrected chi connectivity index (χ1v) is 14.2. The Morgan fingerprint density at radius 1 is 0.951 bits per heavy atom. The summed E-state index contributed by atoms with van der Waals surface area (Å²) >= 11 is 5.86. The number of rotatable bonds is 8. The van der Waals surface area contributed by atoms with E-state index >= 15 is 0 Å². The Balaban J connectivity index is 1.31. The molecule has 0 radical (unpaired) electrons. The molecule has 10 heteroatoms. The lowest BCUT2D eigenvalue weighted by atomic mass is 9.79. The highest BCUT2D eigenvalue weighted by molar-refractivity contribution is 6.31. The van der Waals surface area contributed by atoms with Crippen LogP contribution in [0, 0.1) is 5.82 Å². The quantitative estimate of drug-likeness (QED) is 0.267. The van der Waals surface area contributed by atoms with E-state index in [2.05, 4.69) is 20.3 Å². The van der Waals surface area contributed by atoms with Crippen LogP contribution in [-0.2, 0) is 10.3 Å². The van der Waals surface area contributed by atoms with E-state index in [-0.39, 0.29) is 23.2 Å². The molecule has 1 heterocycles. The fourth-order valence-corrected chi connectivity index (χ4v) is 6.15. The minimum atomic E-state index is -4.74. The van der Waals surface area contributed by atoms with E-state index < -0.39 is 17.7 Å². The third-order valence-corrected chi connectivity index (χ3v) is 8.43. The average molecular weight is 590 g/mol. The van der Waals surface area contributed by atoms with Crippen molar-refractivity contribution in [2.24, 2.45) is 0 Å². The van der Waals surface area contributed by atoms with Gasteiger partial charge in [0.25, 0.3) is 0 Å². The van der Waals surface area contributed by atoms with Crippen LogP contribution in [0.4, 0.5) is 23.2 Å². The highest BCUT2D eigenvalue weighted by Gasteiger charge is 2.38. The first kappa shape index (κ1) is 29.4. The molecule has 1 aliphatic heterocycles. The number of carbonyl (C=O) groups is 1. The lowest BCUT2D eigenvalue weighted by Gasteiger charge is -2.45. The zero-order valence-electron chi connectivity index (χ0n) is 22.4. The van der Waals surface area contributed by atoms with Gasteiger partial charge in [0.1, 0.15) is 11.6 Å². The minimum Gasteiger partial charge on any atom is -0.406 e. The van der Waals surface area contributed by atoms with Crippen molar-refractivity contribution in [1.29, 1.82) is 0 Å². The van der Waals surface area contributed by atoms with Crippen molar-refractivity contribution >= 4 is 23.2 Å². The van der Waals surface area contributed by atoms with Crippen molar-refractivity contribution < 1.29 is 27.1 Å². The second-order valence-corrected chi connectivity index (χ2v) is 11.1. The Bertz CT molecular complexity index is 1330. The molecule has 5 rings (SSSR count). The molecular formula is C31H32ClF4N3O2. The van der Waals surface area contributed by atoms with Gasteiger partial charge in [0.15, 0.2) is 0 Å². The number of anilines is 1. The highest BCUT2D eigenvalue weighted by atomic mass is 35.5. The molecule has 3 aromatic carbocycles. The average Bonchev–Trinajstić information content (AvgIpc) is 3.49. The van der Waals surface area contributed by atoms with Crippen LogP contribution in [0.25, 0.3) is 11.1 Å². The van der Waals surface area contributed by atoms with Crippen LogP contribution in [0.5, 0.6) is 5.75 Å². The zero-order chi connectivity index (χ0) is 29.0. The molecule has 0 unspecified atom stereocenters. The number of nitrogens with zero attached hydrogens (tertiary/aromatic N) is 1. The van der Waals surface area contributed by atoms with Gasteiger partial charge in [-0.1, -0.05) is 60.8 Å². The molecule has 218 valence electrons. The SMILES string of the molecule is O=C(CNC1(c2ccc(-c3ccc(OC(F)(F)F)cc3)cc2)CCN(C2CCCC2)CC1)Nc1ccc(F)c(Cl)c1. The van der Waals surface area contributed by atoms with Gasteiger partial charge in [-0.25, -0.2) is 4.39 Å². The number of likely N-dealkylation sites (tertiary alicyclic amines) is 1. The number of nitrogens with one attached hydrogen (secondary N) is 2. The molecule has 0 spiro atoms. The van der Waals surface area contributed by atoms with Crippen molar-refractivity contribution in [1.82, 2.24) is 10.2 Å². The Hall–Kier alpha value is -3.14. The predicted molar refractivity (Wildman–Crippen MR) is 151 cm³/mol. The number of halogens is 5. The minimum absolute atomic E-state index is 0.0564. The number of hydrogen-bond donors (Lipinski definition) is 2. The zero-order valence-corrected chi connectivity index (χ0v) is 23.2. The topological polar surface area (TPSA) is 53.6 Å². The Morgan fingerprint density at radius 3 is 2.15 bits per heavy atom. The predicted octanol–water partition coefficient (Wildman–Crippen LogP) is 7.51. The molecular weight excluding hydrogens is 558 g/mol. The summed E-state index contributed by atoms with van der Waals surface area (Å²) in [6, 6.07) is 18.4. The molecule has 1 aliphatic carbocycles. The van der Waals surface area contributed by atoms with E-state index in [0.29, 0.717) is 11.7 Å². The maximum Gasteiger partial charge on any atom is 0.573 e. The maximum absolute atomic E-state index is 13.5. The van der Waals surface area contributed by atoms with Crippen molar-refractivity contribution in [3.8, 4) is 16.9 Å². The smallest absolute Gasteiger partial charge is 0.406 e. The molecule has 41 heavy (non-hydrogen) atoms. The Labute approximate surface area is 241 Å². The van der Waals surface area contributed by atoms with Gasteiger partial charge in [0.2, 0.25) is 5.91 Å². The fraction of sp³-hybridized carbons (Fsp3) is 0.387. The van der Waals surface area contributed by atoms with E-state index in [4.69, 9.17) is 11.6 Å². The van der Waals surface area contributed by atoms with Gasteiger partial charge in [-0.2, -0.15) is 0 Å². The third kappa shape index (κ3) is 7.39. The number of hydrogen-bond acceptors (Lipinski definition) is 4. The number of piperidine rings is 1. The summed E-state index contributed by atoms with van der Waals surface area (Å²) in [6.45, 7) is 1.88. The van der Waals surface area contributed by atoms with Crippen LogP contribution < -0.4 is 15.4 Å². The number of amides is 1. The summed E-state index contributed by atoms with van der Waals surface area (Å²) in [5.41, 5.74) is 2.65. The Kier molecular flexibility index (Phi) is 8.87. The lowest BCUT2D eigenvalue weighted by molar-refractivity contribution is -0.274.